The number of ether oxygens (including phenoxy) is 1. The van der Waals surface area contributed by atoms with Gasteiger partial charge in [0.25, 0.3) is 10.0 Å². The minimum atomic E-state index is -4.24. The van der Waals surface area contributed by atoms with Gasteiger partial charge in [0.2, 0.25) is 11.8 Å². The van der Waals surface area contributed by atoms with Crippen molar-refractivity contribution in [2.24, 2.45) is 0 Å². The Bertz CT molecular complexity index is 1810. The predicted molar refractivity (Wildman–Crippen MR) is 194 cm³/mol. The highest BCUT2D eigenvalue weighted by Crippen LogP contribution is 2.33. The molecule has 49 heavy (non-hydrogen) atoms. The number of hydrogen-bond donors (Lipinski definition) is 1. The lowest BCUT2D eigenvalue weighted by atomic mass is 9.94. The van der Waals surface area contributed by atoms with Crippen molar-refractivity contribution < 1.29 is 22.7 Å². The third-order valence-electron chi connectivity index (χ3n) is 9.15. The van der Waals surface area contributed by atoms with Crippen LogP contribution in [0.25, 0.3) is 0 Å². The van der Waals surface area contributed by atoms with E-state index in [1.165, 1.54) is 0 Å². The van der Waals surface area contributed by atoms with E-state index >= 15 is 0 Å². The summed E-state index contributed by atoms with van der Waals surface area (Å²) in [6, 6.07) is 29.9. The first-order valence-electron chi connectivity index (χ1n) is 17.2. The van der Waals surface area contributed by atoms with Crippen molar-refractivity contribution in [2.45, 2.75) is 82.8 Å². The van der Waals surface area contributed by atoms with E-state index in [9.17, 15) is 18.0 Å². The number of sulfonamides is 1. The van der Waals surface area contributed by atoms with Gasteiger partial charge in [-0.2, -0.15) is 0 Å². The molecule has 258 valence electrons. The Morgan fingerprint density at radius 1 is 0.837 bits per heavy atom. The van der Waals surface area contributed by atoms with Gasteiger partial charge in [-0.3, -0.25) is 13.9 Å². The summed E-state index contributed by atoms with van der Waals surface area (Å²) < 4.78 is 35.9. The molecule has 0 spiro atoms. The number of aryl methyl sites for hydroxylation is 2. The molecule has 0 aromatic heterocycles. The Morgan fingerprint density at radius 2 is 1.49 bits per heavy atom. The molecule has 0 heterocycles. The summed E-state index contributed by atoms with van der Waals surface area (Å²) in [6.45, 7) is 5.59. The van der Waals surface area contributed by atoms with Crippen molar-refractivity contribution in [1.29, 1.82) is 0 Å². The van der Waals surface area contributed by atoms with E-state index in [2.05, 4.69) is 5.32 Å². The van der Waals surface area contributed by atoms with Crippen LogP contribution in [0.2, 0.25) is 0 Å². The summed E-state index contributed by atoms with van der Waals surface area (Å²) in [6.07, 6.45) is 5.30. The smallest absolute Gasteiger partial charge is 0.264 e. The lowest BCUT2D eigenvalue weighted by Crippen LogP contribution is -2.55. The molecule has 1 atom stereocenters. The SMILES string of the molecule is CCOc1ccccc1N(CC(=O)N(Cc1ccccc1C)C(Cc1ccccc1)C(=O)NC1CCCCC1)S(=O)(=O)c1ccc(C)cc1. The van der Waals surface area contributed by atoms with E-state index in [0.717, 1.165) is 58.7 Å². The van der Waals surface area contributed by atoms with Gasteiger partial charge < -0.3 is 15.0 Å². The van der Waals surface area contributed by atoms with Crippen molar-refractivity contribution in [3.63, 3.8) is 0 Å². The van der Waals surface area contributed by atoms with Gasteiger partial charge in [0, 0.05) is 19.0 Å². The molecule has 1 aliphatic carbocycles. The van der Waals surface area contributed by atoms with Gasteiger partial charge in [0.05, 0.1) is 17.2 Å². The summed E-state index contributed by atoms with van der Waals surface area (Å²) in [7, 11) is -4.24. The van der Waals surface area contributed by atoms with Crippen LogP contribution in [-0.4, -0.2) is 50.4 Å². The van der Waals surface area contributed by atoms with E-state index in [0.29, 0.717) is 12.4 Å². The van der Waals surface area contributed by atoms with E-state index in [1.54, 1.807) is 53.4 Å². The van der Waals surface area contributed by atoms with Crippen molar-refractivity contribution in [1.82, 2.24) is 10.2 Å². The van der Waals surface area contributed by atoms with Gasteiger partial charge in [-0.05, 0) is 74.6 Å². The average molecular weight is 682 g/mol. The number of rotatable bonds is 14. The molecule has 5 rings (SSSR count). The van der Waals surface area contributed by atoms with Gasteiger partial charge in [-0.15, -0.1) is 0 Å². The zero-order valence-corrected chi connectivity index (χ0v) is 29.5. The molecule has 0 bridgehead atoms. The quantitative estimate of drug-likeness (QED) is 0.155. The second kappa shape index (κ2) is 16.7. The van der Waals surface area contributed by atoms with Crippen molar-refractivity contribution >= 4 is 27.5 Å². The van der Waals surface area contributed by atoms with Crippen molar-refractivity contribution in [3.8, 4) is 5.75 Å². The molecule has 0 radical (unpaired) electrons. The monoisotopic (exact) mass is 681 g/mol. The highest BCUT2D eigenvalue weighted by atomic mass is 32.2. The number of hydrogen-bond acceptors (Lipinski definition) is 5. The molecule has 1 N–H and O–H groups in total. The summed E-state index contributed by atoms with van der Waals surface area (Å²) in [5, 5.41) is 3.26. The van der Waals surface area contributed by atoms with E-state index < -0.39 is 28.5 Å². The topological polar surface area (TPSA) is 96.0 Å². The summed E-state index contributed by atoms with van der Waals surface area (Å²) >= 11 is 0. The van der Waals surface area contributed by atoms with Crippen LogP contribution in [0.5, 0.6) is 5.75 Å². The van der Waals surface area contributed by atoms with Crippen LogP contribution in [0.1, 0.15) is 61.3 Å². The minimum absolute atomic E-state index is 0.0337. The Hall–Kier alpha value is -4.63. The number of carbonyl (C=O) groups is 2. The predicted octanol–water partition coefficient (Wildman–Crippen LogP) is 6.99. The molecule has 9 heteroatoms. The van der Waals surface area contributed by atoms with Crippen LogP contribution in [0.3, 0.4) is 0 Å². The number of anilines is 1. The van der Waals surface area contributed by atoms with Crippen LogP contribution >= 0.6 is 0 Å². The summed E-state index contributed by atoms with van der Waals surface area (Å²) in [5.74, 6) is -0.389. The van der Waals surface area contributed by atoms with E-state index in [-0.39, 0.29) is 35.5 Å². The first-order valence-corrected chi connectivity index (χ1v) is 18.6. The number of carbonyl (C=O) groups excluding carboxylic acids is 2. The Labute approximate surface area is 291 Å². The molecule has 0 aliphatic heterocycles. The van der Waals surface area contributed by atoms with Crippen LogP contribution in [0.4, 0.5) is 5.69 Å². The van der Waals surface area contributed by atoms with Gasteiger partial charge in [-0.25, -0.2) is 8.42 Å². The summed E-state index contributed by atoms with van der Waals surface area (Å²) in [5.41, 5.74) is 3.91. The van der Waals surface area contributed by atoms with Crippen molar-refractivity contribution in [2.75, 3.05) is 17.5 Å². The number of nitrogens with zero attached hydrogens (tertiary/aromatic N) is 2. The van der Waals surface area contributed by atoms with Crippen LogP contribution in [-0.2, 0) is 32.6 Å². The molecule has 1 unspecified atom stereocenters. The molecule has 1 aliphatic rings. The zero-order valence-electron chi connectivity index (χ0n) is 28.7. The van der Waals surface area contributed by atoms with Gasteiger partial charge in [0.15, 0.2) is 0 Å². The fourth-order valence-corrected chi connectivity index (χ4v) is 7.79. The number of benzene rings is 4. The molecule has 0 saturated heterocycles. The van der Waals surface area contributed by atoms with Crippen LogP contribution in [0, 0.1) is 13.8 Å². The largest absolute Gasteiger partial charge is 0.492 e. The van der Waals surface area contributed by atoms with E-state index in [4.69, 9.17) is 4.74 Å². The number of para-hydroxylation sites is 2. The van der Waals surface area contributed by atoms with Gasteiger partial charge in [-0.1, -0.05) is 104 Å². The molecule has 2 amide bonds. The first-order chi connectivity index (χ1) is 23.7. The average Bonchev–Trinajstić information content (AvgIpc) is 3.11. The first kappa shape index (κ1) is 35.7. The Balaban J connectivity index is 1.60. The molecule has 1 fully saturated rings. The Morgan fingerprint density at radius 3 is 2.18 bits per heavy atom. The zero-order chi connectivity index (χ0) is 34.8. The highest BCUT2D eigenvalue weighted by molar-refractivity contribution is 7.92. The molecule has 1 saturated carbocycles. The van der Waals surface area contributed by atoms with E-state index in [1.807, 2.05) is 75.4 Å². The normalized spacial score (nSPS) is 14.1. The minimum Gasteiger partial charge on any atom is -0.492 e. The lowest BCUT2D eigenvalue weighted by Gasteiger charge is -2.35. The second-order valence-electron chi connectivity index (χ2n) is 12.7. The molecule has 4 aromatic carbocycles. The third-order valence-corrected chi connectivity index (χ3v) is 10.9. The summed E-state index contributed by atoms with van der Waals surface area (Å²) in [4.78, 5) is 30.8. The maximum Gasteiger partial charge on any atom is 0.264 e. The molecular formula is C40H47N3O5S. The van der Waals surface area contributed by atoms with Crippen molar-refractivity contribution in [3.05, 3.63) is 125 Å². The fourth-order valence-electron chi connectivity index (χ4n) is 6.36. The lowest BCUT2D eigenvalue weighted by molar-refractivity contribution is -0.140. The van der Waals surface area contributed by atoms with Crippen LogP contribution in [0.15, 0.2) is 108 Å². The maximum atomic E-state index is 14.9. The number of nitrogens with one attached hydrogen (secondary N) is 1. The van der Waals surface area contributed by atoms with Gasteiger partial charge in [0.1, 0.15) is 18.3 Å². The molecular weight excluding hydrogens is 635 g/mol. The Kier molecular flexibility index (Phi) is 12.1. The number of amides is 2. The fraction of sp³-hybridized carbons (Fsp3) is 0.350. The molecule has 4 aromatic rings. The highest BCUT2D eigenvalue weighted by Gasteiger charge is 2.36. The van der Waals surface area contributed by atoms with Crippen LogP contribution < -0.4 is 14.4 Å². The maximum absolute atomic E-state index is 14.9. The third kappa shape index (κ3) is 9.09. The second-order valence-corrected chi connectivity index (χ2v) is 14.6. The van der Waals surface area contributed by atoms with Gasteiger partial charge >= 0.3 is 0 Å². The molecule has 8 nitrogen and oxygen atoms in total. The standard InChI is InChI=1S/C40H47N3O5S/c1-4-48-38-22-14-13-21-36(38)43(49(46,47)35-25-23-30(2)24-26-35)29-39(44)42(28-33-18-12-11-15-31(33)3)37(27-32-16-7-5-8-17-32)40(45)41-34-19-9-6-10-20-34/h5,7-8,11-18,21-26,34,37H,4,6,9-10,19-20,27-29H2,1-3H3,(H,41,45).